The van der Waals surface area contributed by atoms with Gasteiger partial charge in [-0.25, -0.2) is 4.79 Å². The fraction of sp³-hybridized carbons (Fsp3) is 0.263. The molecule has 0 aliphatic carbocycles. The van der Waals surface area contributed by atoms with E-state index in [1.807, 2.05) is 13.0 Å². The largest absolute Gasteiger partial charge is 0.456 e. The summed E-state index contributed by atoms with van der Waals surface area (Å²) in [7, 11) is 0. The van der Waals surface area contributed by atoms with Crippen LogP contribution in [0.25, 0.3) is 0 Å². The van der Waals surface area contributed by atoms with Gasteiger partial charge in [-0.05, 0) is 49.2 Å². The van der Waals surface area contributed by atoms with Gasteiger partial charge >= 0.3 is 6.03 Å². The number of carbonyl (C=O) groups excluding carboxylic acids is 1. The maximum absolute atomic E-state index is 11.9. The van der Waals surface area contributed by atoms with E-state index in [0.717, 1.165) is 0 Å². The topological polar surface area (TPSA) is 74.2 Å². The van der Waals surface area contributed by atoms with Gasteiger partial charge in [0.1, 0.15) is 17.6 Å². The molecule has 0 bridgehead atoms. The zero-order valence-electron chi connectivity index (χ0n) is 14.0. The molecular weight excluding hydrogens is 302 g/mol. The van der Waals surface area contributed by atoms with Crippen LogP contribution in [0.2, 0.25) is 0 Å². The molecule has 5 heteroatoms. The van der Waals surface area contributed by atoms with Crippen molar-refractivity contribution in [3.05, 3.63) is 54.1 Å². The third-order valence-electron chi connectivity index (χ3n) is 3.71. The number of para-hydroxylation sites is 1. The van der Waals surface area contributed by atoms with E-state index in [4.69, 9.17) is 10.00 Å². The molecule has 0 saturated carbocycles. The van der Waals surface area contributed by atoms with Gasteiger partial charge in [-0.3, -0.25) is 0 Å². The number of benzene rings is 2. The standard InChI is InChI=1S/C19H21N3O2/c1-13(2)14(3)21-19(23)22-16-8-10-17(11-9-16)24-18-7-5-4-6-15(18)12-20/h4-11,13-14H,1-3H3,(H2,21,22,23). The Morgan fingerprint density at radius 2 is 1.75 bits per heavy atom. The van der Waals surface area contributed by atoms with Gasteiger partial charge in [0.2, 0.25) is 0 Å². The smallest absolute Gasteiger partial charge is 0.319 e. The fourth-order valence-electron chi connectivity index (χ4n) is 1.92. The molecule has 5 nitrogen and oxygen atoms in total. The minimum absolute atomic E-state index is 0.0927. The molecule has 0 heterocycles. The molecule has 0 spiro atoms. The molecule has 1 unspecified atom stereocenters. The Morgan fingerprint density at radius 1 is 1.08 bits per heavy atom. The highest BCUT2D eigenvalue weighted by molar-refractivity contribution is 5.89. The van der Waals surface area contributed by atoms with Crippen LogP contribution in [0.4, 0.5) is 10.5 Å². The Labute approximate surface area is 142 Å². The Kier molecular flexibility index (Phi) is 5.80. The van der Waals surface area contributed by atoms with Gasteiger partial charge < -0.3 is 15.4 Å². The molecule has 2 aromatic carbocycles. The maximum atomic E-state index is 11.9. The predicted octanol–water partition coefficient (Wildman–Crippen LogP) is 4.52. The number of nitrogens with one attached hydrogen (secondary N) is 2. The van der Waals surface area contributed by atoms with E-state index in [9.17, 15) is 4.79 Å². The van der Waals surface area contributed by atoms with Crippen molar-refractivity contribution in [3.63, 3.8) is 0 Å². The number of hydrogen-bond acceptors (Lipinski definition) is 3. The van der Waals surface area contributed by atoms with Gasteiger partial charge in [0.25, 0.3) is 0 Å². The van der Waals surface area contributed by atoms with Crippen LogP contribution in [-0.2, 0) is 0 Å². The molecule has 2 rings (SSSR count). The summed E-state index contributed by atoms with van der Waals surface area (Å²) in [5, 5.41) is 14.7. The third-order valence-corrected chi connectivity index (χ3v) is 3.71. The molecule has 0 aromatic heterocycles. The molecule has 0 fully saturated rings. The lowest BCUT2D eigenvalue weighted by Crippen LogP contribution is -2.38. The molecule has 24 heavy (non-hydrogen) atoms. The van der Waals surface area contributed by atoms with E-state index < -0.39 is 0 Å². The van der Waals surface area contributed by atoms with Crippen LogP contribution in [0, 0.1) is 17.2 Å². The lowest BCUT2D eigenvalue weighted by molar-refractivity contribution is 0.246. The summed E-state index contributed by atoms with van der Waals surface area (Å²) in [6.45, 7) is 6.07. The lowest BCUT2D eigenvalue weighted by atomic mass is 10.1. The number of nitriles is 1. The van der Waals surface area contributed by atoms with Crippen molar-refractivity contribution >= 4 is 11.7 Å². The SMILES string of the molecule is CC(C)C(C)NC(=O)Nc1ccc(Oc2ccccc2C#N)cc1. The predicted molar refractivity (Wildman–Crippen MR) is 94.1 cm³/mol. The number of urea groups is 1. The summed E-state index contributed by atoms with van der Waals surface area (Å²) in [4.78, 5) is 11.9. The monoisotopic (exact) mass is 323 g/mol. The summed E-state index contributed by atoms with van der Waals surface area (Å²) >= 11 is 0. The molecule has 2 N–H and O–H groups in total. The highest BCUT2D eigenvalue weighted by Crippen LogP contribution is 2.25. The summed E-state index contributed by atoms with van der Waals surface area (Å²) in [5.41, 5.74) is 1.14. The third kappa shape index (κ3) is 4.75. The summed E-state index contributed by atoms with van der Waals surface area (Å²) < 4.78 is 5.71. The average Bonchev–Trinajstić information content (AvgIpc) is 2.57. The lowest BCUT2D eigenvalue weighted by Gasteiger charge is -2.17. The van der Waals surface area contributed by atoms with Gasteiger partial charge in [-0.2, -0.15) is 5.26 Å². The molecule has 1 atom stereocenters. The first kappa shape index (κ1) is 17.4. The van der Waals surface area contributed by atoms with Crippen LogP contribution in [0.15, 0.2) is 48.5 Å². The van der Waals surface area contributed by atoms with Crippen LogP contribution >= 0.6 is 0 Å². The second kappa shape index (κ2) is 8.02. The molecule has 0 aliphatic rings. The normalized spacial score (nSPS) is 11.5. The van der Waals surface area contributed by atoms with E-state index in [-0.39, 0.29) is 12.1 Å². The highest BCUT2D eigenvalue weighted by atomic mass is 16.5. The van der Waals surface area contributed by atoms with Gasteiger partial charge in [0, 0.05) is 11.7 Å². The van der Waals surface area contributed by atoms with Crippen molar-refractivity contribution < 1.29 is 9.53 Å². The van der Waals surface area contributed by atoms with Crippen LogP contribution in [0.5, 0.6) is 11.5 Å². The number of nitrogens with zero attached hydrogens (tertiary/aromatic N) is 1. The number of ether oxygens (including phenoxy) is 1. The van der Waals surface area contributed by atoms with Crippen molar-refractivity contribution in [3.8, 4) is 17.6 Å². The van der Waals surface area contributed by atoms with Crippen LogP contribution in [0.1, 0.15) is 26.3 Å². The summed E-state index contributed by atoms with van der Waals surface area (Å²) in [5.74, 6) is 1.47. The second-order valence-electron chi connectivity index (χ2n) is 5.87. The Balaban J connectivity index is 1.98. The van der Waals surface area contributed by atoms with E-state index in [0.29, 0.717) is 28.7 Å². The average molecular weight is 323 g/mol. The number of anilines is 1. The number of rotatable bonds is 5. The Morgan fingerprint density at radius 3 is 2.38 bits per heavy atom. The fourth-order valence-corrected chi connectivity index (χ4v) is 1.92. The first-order valence-electron chi connectivity index (χ1n) is 7.84. The van der Waals surface area contributed by atoms with Crippen LogP contribution < -0.4 is 15.4 Å². The minimum Gasteiger partial charge on any atom is -0.456 e. The molecular formula is C19H21N3O2. The van der Waals surface area contributed by atoms with Gasteiger partial charge in [-0.1, -0.05) is 26.0 Å². The van der Waals surface area contributed by atoms with Crippen molar-refractivity contribution in [1.29, 1.82) is 5.26 Å². The molecule has 0 saturated heterocycles. The summed E-state index contributed by atoms with van der Waals surface area (Å²) in [6, 6.07) is 16.0. The van der Waals surface area contributed by atoms with Gasteiger partial charge in [0.15, 0.2) is 0 Å². The minimum atomic E-state index is -0.236. The molecule has 2 amide bonds. The number of hydrogen-bond donors (Lipinski definition) is 2. The Bertz CT molecular complexity index is 733. The molecule has 0 radical (unpaired) electrons. The molecule has 124 valence electrons. The van der Waals surface area contributed by atoms with Gasteiger partial charge in [0.05, 0.1) is 5.56 Å². The first-order chi connectivity index (χ1) is 11.5. The highest BCUT2D eigenvalue weighted by Gasteiger charge is 2.10. The van der Waals surface area contributed by atoms with Crippen molar-refractivity contribution in [1.82, 2.24) is 5.32 Å². The zero-order chi connectivity index (χ0) is 17.5. The maximum Gasteiger partial charge on any atom is 0.319 e. The van der Waals surface area contributed by atoms with Crippen molar-refractivity contribution in [2.75, 3.05) is 5.32 Å². The van der Waals surface area contributed by atoms with E-state index in [2.05, 4.69) is 30.6 Å². The summed E-state index contributed by atoms with van der Waals surface area (Å²) in [6.07, 6.45) is 0. The van der Waals surface area contributed by atoms with Crippen LogP contribution in [-0.4, -0.2) is 12.1 Å². The van der Waals surface area contributed by atoms with E-state index in [1.54, 1.807) is 42.5 Å². The zero-order valence-corrected chi connectivity index (χ0v) is 14.0. The van der Waals surface area contributed by atoms with E-state index in [1.165, 1.54) is 0 Å². The van der Waals surface area contributed by atoms with Crippen molar-refractivity contribution in [2.45, 2.75) is 26.8 Å². The van der Waals surface area contributed by atoms with Gasteiger partial charge in [-0.15, -0.1) is 0 Å². The molecule has 2 aromatic rings. The second-order valence-corrected chi connectivity index (χ2v) is 5.87. The van der Waals surface area contributed by atoms with E-state index >= 15 is 0 Å². The quantitative estimate of drug-likeness (QED) is 0.849. The van der Waals surface area contributed by atoms with Crippen molar-refractivity contribution in [2.24, 2.45) is 5.92 Å². The first-order valence-corrected chi connectivity index (χ1v) is 7.84. The number of carbonyl (C=O) groups is 1. The molecule has 0 aliphatic heterocycles. The van der Waals surface area contributed by atoms with Crippen LogP contribution in [0.3, 0.4) is 0 Å². The Hall–Kier alpha value is -3.00. The number of amides is 2.